The zero-order valence-electron chi connectivity index (χ0n) is 15.6. The number of benzene rings is 3. The quantitative estimate of drug-likeness (QED) is 0.478. The highest BCUT2D eigenvalue weighted by molar-refractivity contribution is 5.76. The maximum Gasteiger partial charge on any atom is 0.0461 e. The minimum atomic E-state index is 0.348. The third kappa shape index (κ3) is 3.39. The van der Waals surface area contributed by atoms with Crippen molar-refractivity contribution in [3.8, 4) is 0 Å². The molecule has 0 spiro atoms. The first-order valence-corrected chi connectivity index (χ1v) is 9.77. The van der Waals surface area contributed by atoms with E-state index in [1.165, 1.54) is 54.7 Å². The fraction of sp³-hybridized carbons (Fsp3) is 0.280. The van der Waals surface area contributed by atoms with Crippen LogP contribution in [-0.4, -0.2) is 0 Å². The van der Waals surface area contributed by atoms with Crippen LogP contribution in [-0.2, 0) is 5.41 Å². The zero-order valence-corrected chi connectivity index (χ0v) is 15.6. The topological polar surface area (TPSA) is 3.24 Å². The van der Waals surface area contributed by atoms with Gasteiger partial charge < -0.3 is 4.90 Å². The Kier molecular flexibility index (Phi) is 4.79. The normalized spacial score (nSPS) is 16.2. The summed E-state index contributed by atoms with van der Waals surface area (Å²) in [6.07, 6.45) is 6.74. The Hall–Kier alpha value is -2.54. The highest BCUT2D eigenvalue weighted by Gasteiger charge is 2.28. The first-order valence-electron chi connectivity index (χ1n) is 9.77. The van der Waals surface area contributed by atoms with Gasteiger partial charge in [0.1, 0.15) is 0 Å². The van der Waals surface area contributed by atoms with Crippen LogP contribution in [0.25, 0.3) is 0 Å². The van der Waals surface area contributed by atoms with Crippen molar-refractivity contribution in [2.75, 3.05) is 4.90 Å². The number of hydrogen-bond acceptors (Lipinski definition) is 1. The van der Waals surface area contributed by atoms with Gasteiger partial charge in [0.2, 0.25) is 0 Å². The Morgan fingerprint density at radius 1 is 0.577 bits per heavy atom. The molecule has 3 aromatic rings. The second-order valence-corrected chi connectivity index (χ2v) is 7.67. The molecule has 0 saturated heterocycles. The number of anilines is 3. The van der Waals surface area contributed by atoms with Crippen molar-refractivity contribution in [1.82, 2.24) is 0 Å². The smallest absolute Gasteiger partial charge is 0.0461 e. The minimum absolute atomic E-state index is 0.348. The van der Waals surface area contributed by atoms with Gasteiger partial charge in [-0.15, -0.1) is 0 Å². The molecule has 1 aliphatic rings. The van der Waals surface area contributed by atoms with Crippen LogP contribution in [0, 0.1) is 0 Å². The molecule has 0 aromatic heterocycles. The van der Waals surface area contributed by atoms with Gasteiger partial charge in [-0.25, -0.2) is 0 Å². The second kappa shape index (κ2) is 7.37. The summed E-state index contributed by atoms with van der Waals surface area (Å²) in [4.78, 5) is 2.33. The van der Waals surface area contributed by atoms with Gasteiger partial charge in [0.15, 0.2) is 0 Å². The lowest BCUT2D eigenvalue weighted by atomic mass is 9.71. The van der Waals surface area contributed by atoms with E-state index in [0.29, 0.717) is 5.41 Å². The van der Waals surface area contributed by atoms with Gasteiger partial charge in [0.25, 0.3) is 0 Å². The Balaban J connectivity index is 1.70. The fourth-order valence-electron chi connectivity index (χ4n) is 4.23. The van der Waals surface area contributed by atoms with Crippen molar-refractivity contribution in [2.24, 2.45) is 0 Å². The van der Waals surface area contributed by atoms with Crippen molar-refractivity contribution in [2.45, 2.75) is 44.4 Å². The summed E-state index contributed by atoms with van der Waals surface area (Å²) < 4.78 is 0. The van der Waals surface area contributed by atoms with Gasteiger partial charge in [-0.3, -0.25) is 0 Å². The first kappa shape index (κ1) is 16.9. The lowest BCUT2D eigenvalue weighted by molar-refractivity contribution is 0.319. The molecule has 132 valence electrons. The predicted molar refractivity (Wildman–Crippen MR) is 112 cm³/mol. The highest BCUT2D eigenvalue weighted by Crippen LogP contribution is 2.40. The van der Waals surface area contributed by atoms with E-state index < -0.39 is 0 Å². The number of rotatable bonds is 4. The van der Waals surface area contributed by atoms with E-state index in [2.05, 4.69) is 96.8 Å². The Morgan fingerprint density at radius 2 is 1.04 bits per heavy atom. The van der Waals surface area contributed by atoms with Gasteiger partial charge in [-0.1, -0.05) is 74.7 Å². The molecular formula is C25H27N. The molecule has 0 amide bonds. The average Bonchev–Trinajstić information content (AvgIpc) is 2.71. The van der Waals surface area contributed by atoms with E-state index in [1.54, 1.807) is 0 Å². The first-order chi connectivity index (χ1) is 12.8. The highest BCUT2D eigenvalue weighted by atomic mass is 15.1. The Labute approximate surface area is 157 Å². The standard InChI is InChI=1S/C25H27N/c1-25(19-9-4-10-20-25)21-15-17-24(18-16-21)26(22-11-5-2-6-12-22)23-13-7-3-8-14-23/h2-3,5-8,11-18H,4,9-10,19-20H2,1H3. The molecule has 1 saturated carbocycles. The zero-order chi connectivity index (χ0) is 17.8. The van der Waals surface area contributed by atoms with Crippen molar-refractivity contribution >= 4 is 17.1 Å². The molecule has 0 bridgehead atoms. The lowest BCUT2D eigenvalue weighted by Crippen LogP contribution is -2.25. The van der Waals surface area contributed by atoms with Crippen molar-refractivity contribution in [3.63, 3.8) is 0 Å². The summed E-state index contributed by atoms with van der Waals surface area (Å²) in [7, 11) is 0. The number of hydrogen-bond donors (Lipinski definition) is 0. The third-order valence-electron chi connectivity index (χ3n) is 5.81. The van der Waals surface area contributed by atoms with E-state index in [4.69, 9.17) is 0 Å². The summed E-state index contributed by atoms with van der Waals surface area (Å²) in [5, 5.41) is 0. The summed E-state index contributed by atoms with van der Waals surface area (Å²) in [5.74, 6) is 0. The molecule has 0 aliphatic heterocycles. The van der Waals surface area contributed by atoms with Crippen LogP contribution < -0.4 is 4.90 Å². The van der Waals surface area contributed by atoms with Crippen molar-refractivity contribution in [3.05, 3.63) is 90.5 Å². The van der Waals surface area contributed by atoms with Gasteiger partial charge in [0, 0.05) is 17.1 Å². The van der Waals surface area contributed by atoms with E-state index >= 15 is 0 Å². The monoisotopic (exact) mass is 341 g/mol. The summed E-state index contributed by atoms with van der Waals surface area (Å²) >= 11 is 0. The number of nitrogens with zero attached hydrogens (tertiary/aromatic N) is 1. The maximum absolute atomic E-state index is 2.44. The lowest BCUT2D eigenvalue weighted by Gasteiger charge is -2.34. The van der Waals surface area contributed by atoms with Crippen LogP contribution in [0.3, 0.4) is 0 Å². The van der Waals surface area contributed by atoms with Crippen LogP contribution >= 0.6 is 0 Å². The van der Waals surface area contributed by atoms with Crippen LogP contribution in [0.1, 0.15) is 44.6 Å². The second-order valence-electron chi connectivity index (χ2n) is 7.67. The summed E-state index contributed by atoms with van der Waals surface area (Å²) in [5.41, 5.74) is 5.43. The largest absolute Gasteiger partial charge is 0.311 e. The van der Waals surface area contributed by atoms with Gasteiger partial charge in [-0.05, 0) is 60.2 Å². The summed E-state index contributed by atoms with van der Waals surface area (Å²) in [6, 6.07) is 30.5. The molecule has 1 aliphatic carbocycles. The van der Waals surface area contributed by atoms with Gasteiger partial charge in [0.05, 0.1) is 0 Å². The summed E-state index contributed by atoms with van der Waals surface area (Å²) in [6.45, 7) is 2.44. The van der Waals surface area contributed by atoms with Gasteiger partial charge in [-0.2, -0.15) is 0 Å². The minimum Gasteiger partial charge on any atom is -0.311 e. The van der Waals surface area contributed by atoms with E-state index in [-0.39, 0.29) is 0 Å². The van der Waals surface area contributed by atoms with E-state index in [0.717, 1.165) is 0 Å². The molecule has 1 nitrogen and oxygen atoms in total. The van der Waals surface area contributed by atoms with Gasteiger partial charge >= 0.3 is 0 Å². The molecule has 1 fully saturated rings. The molecular weight excluding hydrogens is 314 g/mol. The molecule has 0 atom stereocenters. The number of para-hydroxylation sites is 2. The Bertz CT molecular complexity index is 776. The van der Waals surface area contributed by atoms with Crippen LogP contribution in [0.4, 0.5) is 17.1 Å². The van der Waals surface area contributed by atoms with Crippen LogP contribution in [0.15, 0.2) is 84.9 Å². The average molecular weight is 341 g/mol. The predicted octanol–water partition coefficient (Wildman–Crippen LogP) is 7.38. The molecule has 1 heteroatoms. The molecule has 4 rings (SSSR count). The fourth-order valence-corrected chi connectivity index (χ4v) is 4.23. The third-order valence-corrected chi connectivity index (χ3v) is 5.81. The van der Waals surface area contributed by atoms with Crippen molar-refractivity contribution < 1.29 is 0 Å². The van der Waals surface area contributed by atoms with Crippen LogP contribution in [0.2, 0.25) is 0 Å². The Morgan fingerprint density at radius 3 is 1.54 bits per heavy atom. The molecule has 0 heterocycles. The van der Waals surface area contributed by atoms with E-state index in [1.807, 2.05) is 0 Å². The molecule has 26 heavy (non-hydrogen) atoms. The molecule has 0 N–H and O–H groups in total. The van der Waals surface area contributed by atoms with Crippen molar-refractivity contribution in [1.29, 1.82) is 0 Å². The maximum atomic E-state index is 2.44. The molecule has 0 unspecified atom stereocenters. The SMILES string of the molecule is CC1(c2ccc(N(c3ccccc3)c3ccccc3)cc2)CCCCC1. The molecule has 3 aromatic carbocycles. The molecule has 0 radical (unpaired) electrons. The van der Waals surface area contributed by atoms with Crippen LogP contribution in [0.5, 0.6) is 0 Å². The van der Waals surface area contributed by atoms with E-state index in [9.17, 15) is 0 Å².